The summed E-state index contributed by atoms with van der Waals surface area (Å²) in [6.45, 7) is 0. The van der Waals surface area contributed by atoms with Crippen LogP contribution in [0.3, 0.4) is 0 Å². The summed E-state index contributed by atoms with van der Waals surface area (Å²) in [4.78, 5) is 0. The second-order valence-corrected chi connectivity index (χ2v) is 3.71. The summed E-state index contributed by atoms with van der Waals surface area (Å²) >= 11 is 0. The molecule has 0 bridgehead atoms. The molecule has 1 rings (SSSR count). The lowest BCUT2D eigenvalue weighted by molar-refractivity contribution is 0.414. The van der Waals surface area contributed by atoms with Gasteiger partial charge in [0.2, 0.25) is 0 Å². The molecule has 0 aliphatic heterocycles. The van der Waals surface area contributed by atoms with E-state index in [0.717, 1.165) is 25.0 Å². The maximum atomic E-state index is 5.25. The lowest BCUT2D eigenvalue weighted by atomic mass is 10.0. The van der Waals surface area contributed by atoms with Gasteiger partial charge in [-0.3, -0.25) is 0 Å². The Morgan fingerprint density at radius 2 is 2.06 bits per heavy atom. The number of unbranched alkanes of at least 4 members (excludes halogenated alkanes) is 1. The Morgan fingerprint density at radius 3 is 2.56 bits per heavy atom. The standard InChI is InChI=1S/C14H19NO/c1-4-5-6-7-14(15-2)12-8-10-13(16-3)11-9-12/h1,8-11,14-15H,5-7H2,2-3H3. The number of benzene rings is 1. The van der Waals surface area contributed by atoms with Gasteiger partial charge in [0.25, 0.3) is 0 Å². The van der Waals surface area contributed by atoms with E-state index in [-0.39, 0.29) is 0 Å². The molecule has 1 aromatic carbocycles. The predicted molar refractivity (Wildman–Crippen MR) is 67.5 cm³/mol. The van der Waals surface area contributed by atoms with Crippen LogP contribution in [0.1, 0.15) is 30.9 Å². The number of ether oxygens (including phenoxy) is 1. The Kier molecular flexibility index (Phi) is 5.45. The van der Waals surface area contributed by atoms with E-state index in [4.69, 9.17) is 11.2 Å². The number of nitrogens with one attached hydrogen (secondary N) is 1. The van der Waals surface area contributed by atoms with Crippen LogP contribution in [-0.4, -0.2) is 14.2 Å². The monoisotopic (exact) mass is 217 g/mol. The van der Waals surface area contributed by atoms with Crippen LogP contribution >= 0.6 is 0 Å². The Bertz CT molecular complexity index is 337. The zero-order valence-electron chi connectivity index (χ0n) is 9.99. The van der Waals surface area contributed by atoms with Gasteiger partial charge < -0.3 is 10.1 Å². The van der Waals surface area contributed by atoms with E-state index in [9.17, 15) is 0 Å². The van der Waals surface area contributed by atoms with Crippen molar-refractivity contribution in [3.05, 3.63) is 29.8 Å². The first-order valence-corrected chi connectivity index (χ1v) is 5.56. The van der Waals surface area contributed by atoms with Crippen molar-refractivity contribution < 1.29 is 4.74 Å². The van der Waals surface area contributed by atoms with Gasteiger partial charge >= 0.3 is 0 Å². The topological polar surface area (TPSA) is 21.3 Å². The van der Waals surface area contributed by atoms with Crippen LogP contribution in [0.4, 0.5) is 0 Å². The number of methoxy groups -OCH3 is 1. The fraction of sp³-hybridized carbons (Fsp3) is 0.429. The molecule has 1 unspecified atom stereocenters. The molecule has 2 nitrogen and oxygen atoms in total. The van der Waals surface area contributed by atoms with E-state index in [1.54, 1.807) is 7.11 Å². The van der Waals surface area contributed by atoms with Gasteiger partial charge in [-0.2, -0.15) is 0 Å². The zero-order valence-corrected chi connectivity index (χ0v) is 9.99. The zero-order chi connectivity index (χ0) is 11.8. The van der Waals surface area contributed by atoms with Gasteiger partial charge in [-0.15, -0.1) is 12.3 Å². The summed E-state index contributed by atoms with van der Waals surface area (Å²) < 4.78 is 5.13. The summed E-state index contributed by atoms with van der Waals surface area (Å²) in [6, 6.07) is 8.53. The quantitative estimate of drug-likeness (QED) is 0.584. The van der Waals surface area contributed by atoms with E-state index in [1.165, 1.54) is 5.56 Å². The maximum absolute atomic E-state index is 5.25. The van der Waals surface area contributed by atoms with Gasteiger partial charge in [-0.25, -0.2) is 0 Å². The van der Waals surface area contributed by atoms with E-state index in [1.807, 2.05) is 19.2 Å². The molecule has 1 N–H and O–H groups in total. The maximum Gasteiger partial charge on any atom is 0.118 e. The summed E-state index contributed by atoms with van der Waals surface area (Å²) in [5.74, 6) is 3.56. The Labute approximate surface area is 98.0 Å². The van der Waals surface area contributed by atoms with Gasteiger partial charge in [0.1, 0.15) is 5.75 Å². The van der Waals surface area contributed by atoms with Gasteiger partial charge in [-0.1, -0.05) is 12.1 Å². The molecule has 0 saturated carbocycles. The molecule has 86 valence electrons. The average Bonchev–Trinajstić information content (AvgIpc) is 2.35. The smallest absolute Gasteiger partial charge is 0.118 e. The second-order valence-electron chi connectivity index (χ2n) is 3.71. The highest BCUT2D eigenvalue weighted by molar-refractivity contribution is 5.29. The largest absolute Gasteiger partial charge is 0.497 e. The molecule has 16 heavy (non-hydrogen) atoms. The lowest BCUT2D eigenvalue weighted by Crippen LogP contribution is -2.16. The highest BCUT2D eigenvalue weighted by atomic mass is 16.5. The van der Waals surface area contributed by atoms with Crippen LogP contribution in [0.5, 0.6) is 5.75 Å². The summed E-state index contributed by atoms with van der Waals surface area (Å²) in [5, 5.41) is 3.31. The van der Waals surface area contributed by atoms with E-state index < -0.39 is 0 Å². The van der Waals surface area contributed by atoms with E-state index >= 15 is 0 Å². The molecule has 1 atom stereocenters. The number of rotatable bonds is 6. The first-order valence-electron chi connectivity index (χ1n) is 5.56. The lowest BCUT2D eigenvalue weighted by Gasteiger charge is -2.16. The van der Waals surface area contributed by atoms with Crippen LogP contribution in [0.2, 0.25) is 0 Å². The highest BCUT2D eigenvalue weighted by Crippen LogP contribution is 2.21. The minimum atomic E-state index is 0.374. The van der Waals surface area contributed by atoms with Crippen molar-refractivity contribution in [2.45, 2.75) is 25.3 Å². The third-order valence-corrected chi connectivity index (χ3v) is 2.68. The minimum Gasteiger partial charge on any atom is -0.497 e. The molecule has 0 fully saturated rings. The fourth-order valence-corrected chi connectivity index (χ4v) is 1.72. The SMILES string of the molecule is C#CCCCC(NC)c1ccc(OC)cc1. The van der Waals surface area contributed by atoms with Crippen LogP contribution in [-0.2, 0) is 0 Å². The number of hydrogen-bond donors (Lipinski definition) is 1. The summed E-state index contributed by atoms with van der Waals surface area (Å²) in [7, 11) is 3.66. The molecule has 0 aromatic heterocycles. The van der Waals surface area contributed by atoms with Crippen LogP contribution in [0.25, 0.3) is 0 Å². The van der Waals surface area contributed by atoms with Crippen LogP contribution in [0.15, 0.2) is 24.3 Å². The van der Waals surface area contributed by atoms with E-state index in [0.29, 0.717) is 6.04 Å². The van der Waals surface area contributed by atoms with Crippen LogP contribution in [0, 0.1) is 12.3 Å². The minimum absolute atomic E-state index is 0.374. The van der Waals surface area contributed by atoms with Crippen LogP contribution < -0.4 is 10.1 Å². The molecule has 0 saturated heterocycles. The molecule has 0 amide bonds. The molecular weight excluding hydrogens is 198 g/mol. The highest BCUT2D eigenvalue weighted by Gasteiger charge is 2.08. The van der Waals surface area contributed by atoms with E-state index in [2.05, 4.69) is 23.4 Å². The molecule has 1 aromatic rings. The van der Waals surface area contributed by atoms with Crippen molar-refractivity contribution in [3.63, 3.8) is 0 Å². The molecule has 0 aliphatic rings. The molecule has 0 spiro atoms. The fourth-order valence-electron chi connectivity index (χ4n) is 1.72. The average molecular weight is 217 g/mol. The van der Waals surface area contributed by atoms with Crippen molar-refractivity contribution in [2.24, 2.45) is 0 Å². The Morgan fingerprint density at radius 1 is 1.38 bits per heavy atom. The molecule has 0 radical (unpaired) electrons. The van der Waals surface area contributed by atoms with Crippen molar-refractivity contribution in [1.29, 1.82) is 0 Å². The van der Waals surface area contributed by atoms with Gasteiger partial charge in [-0.05, 0) is 37.6 Å². The van der Waals surface area contributed by atoms with Crippen molar-refractivity contribution in [2.75, 3.05) is 14.2 Å². The molecule has 0 aliphatic carbocycles. The van der Waals surface area contributed by atoms with Crippen molar-refractivity contribution >= 4 is 0 Å². The van der Waals surface area contributed by atoms with Crippen molar-refractivity contribution in [3.8, 4) is 18.1 Å². The third-order valence-electron chi connectivity index (χ3n) is 2.68. The molecule has 0 heterocycles. The number of terminal acetylenes is 1. The molecular formula is C14H19NO. The normalized spacial score (nSPS) is 11.8. The number of hydrogen-bond acceptors (Lipinski definition) is 2. The third kappa shape index (κ3) is 3.60. The first-order chi connectivity index (χ1) is 7.81. The van der Waals surface area contributed by atoms with Gasteiger partial charge in [0, 0.05) is 12.5 Å². The summed E-state index contributed by atoms with van der Waals surface area (Å²) in [6.07, 6.45) is 8.20. The predicted octanol–water partition coefficient (Wildman–Crippen LogP) is 2.76. The van der Waals surface area contributed by atoms with Crippen molar-refractivity contribution in [1.82, 2.24) is 5.32 Å². The molecule has 2 heteroatoms. The van der Waals surface area contributed by atoms with Gasteiger partial charge in [0.05, 0.1) is 7.11 Å². The summed E-state index contributed by atoms with van der Waals surface area (Å²) in [5.41, 5.74) is 1.28. The first kappa shape index (κ1) is 12.6. The van der Waals surface area contributed by atoms with Gasteiger partial charge in [0.15, 0.2) is 0 Å². The Balaban J connectivity index is 2.60. The second kappa shape index (κ2) is 6.92. The Hall–Kier alpha value is -1.46.